The summed E-state index contributed by atoms with van der Waals surface area (Å²) in [4.78, 5) is 27.2. The molecule has 1 aromatic heterocycles. The minimum absolute atomic E-state index is 0.0484. The molecule has 6 nitrogen and oxygen atoms in total. The van der Waals surface area contributed by atoms with E-state index < -0.39 is 0 Å². The number of nitrogens with zero attached hydrogens (tertiary/aromatic N) is 5. The van der Waals surface area contributed by atoms with Crippen molar-refractivity contribution < 1.29 is 4.79 Å². The lowest BCUT2D eigenvalue weighted by molar-refractivity contribution is -0.135. The van der Waals surface area contributed by atoms with Crippen molar-refractivity contribution in [3.05, 3.63) is 18.0 Å². The molecule has 2 rings (SSSR count). The zero-order chi connectivity index (χ0) is 16.5. The van der Waals surface area contributed by atoms with Gasteiger partial charge in [0.1, 0.15) is 0 Å². The first kappa shape index (κ1) is 16.7. The molecule has 22 heavy (non-hydrogen) atoms. The summed E-state index contributed by atoms with van der Waals surface area (Å²) in [6, 6.07) is -0.0484. The summed E-state index contributed by atoms with van der Waals surface area (Å²) in [6.45, 7) is 7.76. The molecule has 0 aliphatic carbocycles. The molecule has 6 heteroatoms. The van der Waals surface area contributed by atoms with E-state index >= 15 is 0 Å². The fourth-order valence-electron chi connectivity index (χ4n) is 2.80. The number of hydrogen-bond donors (Lipinski definition) is 0. The van der Waals surface area contributed by atoms with Crippen LogP contribution in [0.15, 0.2) is 12.4 Å². The Morgan fingerprint density at radius 2 is 1.82 bits per heavy atom. The second-order valence-electron chi connectivity index (χ2n) is 7.17. The van der Waals surface area contributed by atoms with Gasteiger partial charge in [0.15, 0.2) is 0 Å². The maximum atomic E-state index is 12.6. The Morgan fingerprint density at radius 1 is 1.23 bits per heavy atom. The van der Waals surface area contributed by atoms with Crippen LogP contribution < -0.4 is 4.90 Å². The molecule has 1 aromatic rings. The SMILES string of the molecule is CN(C)c1ncc(CN(C)C2CCN(C(C)(C)C)C2=O)cn1. The lowest BCUT2D eigenvalue weighted by atomic mass is 10.1. The van der Waals surface area contributed by atoms with E-state index in [9.17, 15) is 4.79 Å². The van der Waals surface area contributed by atoms with Crippen molar-refractivity contribution in [2.45, 2.75) is 45.3 Å². The van der Waals surface area contributed by atoms with E-state index in [0.29, 0.717) is 12.5 Å². The zero-order valence-electron chi connectivity index (χ0n) is 14.5. The van der Waals surface area contributed by atoms with Gasteiger partial charge in [-0.1, -0.05) is 0 Å². The maximum absolute atomic E-state index is 12.6. The highest BCUT2D eigenvalue weighted by atomic mass is 16.2. The smallest absolute Gasteiger partial charge is 0.240 e. The van der Waals surface area contributed by atoms with Crippen molar-refractivity contribution in [1.82, 2.24) is 19.8 Å². The summed E-state index contributed by atoms with van der Waals surface area (Å²) < 4.78 is 0. The van der Waals surface area contributed by atoms with Crippen LogP contribution in [0.4, 0.5) is 5.95 Å². The van der Waals surface area contributed by atoms with Gasteiger partial charge in [0.25, 0.3) is 0 Å². The van der Waals surface area contributed by atoms with Crippen molar-refractivity contribution in [1.29, 1.82) is 0 Å². The predicted octanol–water partition coefficient (Wildman–Crippen LogP) is 1.37. The van der Waals surface area contributed by atoms with Gasteiger partial charge in [0, 0.05) is 50.7 Å². The van der Waals surface area contributed by atoms with Crippen LogP contribution in [0.1, 0.15) is 32.8 Å². The maximum Gasteiger partial charge on any atom is 0.240 e. The van der Waals surface area contributed by atoms with Crippen LogP contribution in [0.5, 0.6) is 0 Å². The van der Waals surface area contributed by atoms with Crippen LogP contribution in [0, 0.1) is 0 Å². The van der Waals surface area contributed by atoms with Gasteiger partial charge < -0.3 is 9.80 Å². The predicted molar refractivity (Wildman–Crippen MR) is 87.7 cm³/mol. The standard InChI is InChI=1S/C16H27N5O/c1-16(2,3)21-8-7-13(14(21)22)20(6)11-12-9-17-15(18-10-12)19(4)5/h9-10,13H,7-8,11H2,1-6H3. The Bertz CT molecular complexity index is 520. The number of amides is 1. The second kappa shape index (κ2) is 6.20. The number of rotatable bonds is 4. The topological polar surface area (TPSA) is 52.6 Å². The molecule has 0 aromatic carbocycles. The highest BCUT2D eigenvalue weighted by molar-refractivity contribution is 5.84. The highest BCUT2D eigenvalue weighted by Crippen LogP contribution is 2.25. The Morgan fingerprint density at radius 3 is 2.27 bits per heavy atom. The minimum atomic E-state index is -0.108. The van der Waals surface area contributed by atoms with Gasteiger partial charge in [-0.3, -0.25) is 9.69 Å². The van der Waals surface area contributed by atoms with Crippen LogP contribution in [0.2, 0.25) is 0 Å². The third-order valence-corrected chi connectivity index (χ3v) is 4.04. The lowest BCUT2D eigenvalue weighted by Gasteiger charge is -2.33. The molecular formula is C16H27N5O. The van der Waals surface area contributed by atoms with Gasteiger partial charge in [0.2, 0.25) is 11.9 Å². The largest absolute Gasteiger partial charge is 0.347 e. The average Bonchev–Trinajstić information content (AvgIpc) is 2.81. The molecule has 0 saturated carbocycles. The third-order valence-electron chi connectivity index (χ3n) is 4.04. The number of likely N-dealkylation sites (tertiary alicyclic amines) is 1. The first-order chi connectivity index (χ1) is 10.2. The summed E-state index contributed by atoms with van der Waals surface area (Å²) in [6.07, 6.45) is 4.54. The highest BCUT2D eigenvalue weighted by Gasteiger charge is 2.39. The van der Waals surface area contributed by atoms with E-state index in [1.165, 1.54) is 0 Å². The Hall–Kier alpha value is -1.69. The summed E-state index contributed by atoms with van der Waals surface area (Å²) >= 11 is 0. The number of anilines is 1. The minimum Gasteiger partial charge on any atom is -0.347 e. The van der Waals surface area contributed by atoms with Gasteiger partial charge in [0.05, 0.1) is 6.04 Å². The molecule has 1 atom stereocenters. The lowest BCUT2D eigenvalue weighted by Crippen LogP contribution is -2.46. The van der Waals surface area contributed by atoms with Crippen molar-refractivity contribution in [2.75, 3.05) is 32.6 Å². The van der Waals surface area contributed by atoms with Crippen molar-refractivity contribution >= 4 is 11.9 Å². The Labute approximate surface area is 133 Å². The molecule has 0 radical (unpaired) electrons. The summed E-state index contributed by atoms with van der Waals surface area (Å²) in [5, 5.41) is 0. The van der Waals surface area contributed by atoms with Crippen molar-refractivity contribution in [3.8, 4) is 0 Å². The van der Waals surface area contributed by atoms with E-state index in [0.717, 1.165) is 18.5 Å². The number of carbonyl (C=O) groups is 1. The van der Waals surface area contributed by atoms with Crippen molar-refractivity contribution in [2.24, 2.45) is 0 Å². The Kier molecular flexibility index (Phi) is 4.70. The molecule has 0 N–H and O–H groups in total. The summed E-state index contributed by atoms with van der Waals surface area (Å²) in [7, 11) is 5.83. The molecule has 0 bridgehead atoms. The van der Waals surface area contributed by atoms with E-state index in [-0.39, 0.29) is 17.5 Å². The quantitative estimate of drug-likeness (QED) is 0.841. The molecule has 1 unspecified atom stereocenters. The van der Waals surface area contributed by atoms with Gasteiger partial charge in [-0.05, 0) is 34.2 Å². The number of aromatic nitrogens is 2. The molecule has 122 valence electrons. The fraction of sp³-hybridized carbons (Fsp3) is 0.688. The van der Waals surface area contributed by atoms with Gasteiger partial charge in [-0.15, -0.1) is 0 Å². The van der Waals surface area contributed by atoms with E-state index in [1.54, 1.807) is 0 Å². The van der Waals surface area contributed by atoms with Crippen LogP contribution >= 0.6 is 0 Å². The molecule has 1 saturated heterocycles. The van der Waals surface area contributed by atoms with Crippen LogP contribution in [0.25, 0.3) is 0 Å². The molecule has 1 fully saturated rings. The molecule has 0 spiro atoms. The number of hydrogen-bond acceptors (Lipinski definition) is 5. The van der Waals surface area contributed by atoms with Gasteiger partial charge in [-0.25, -0.2) is 9.97 Å². The molecule has 1 aliphatic heterocycles. The molecule has 1 amide bonds. The Balaban J connectivity index is 2.01. The van der Waals surface area contributed by atoms with Crippen LogP contribution in [-0.4, -0.2) is 64.9 Å². The van der Waals surface area contributed by atoms with E-state index in [2.05, 4.69) is 35.6 Å². The first-order valence-electron chi connectivity index (χ1n) is 7.70. The second-order valence-corrected chi connectivity index (χ2v) is 7.17. The number of likely N-dealkylation sites (N-methyl/N-ethyl adjacent to an activating group) is 1. The van der Waals surface area contributed by atoms with Crippen LogP contribution in [-0.2, 0) is 11.3 Å². The van der Waals surface area contributed by atoms with Gasteiger partial charge >= 0.3 is 0 Å². The normalized spacial score (nSPS) is 19.1. The van der Waals surface area contributed by atoms with Gasteiger partial charge in [-0.2, -0.15) is 0 Å². The van der Waals surface area contributed by atoms with Crippen molar-refractivity contribution in [3.63, 3.8) is 0 Å². The summed E-state index contributed by atoms with van der Waals surface area (Å²) in [5.41, 5.74) is 0.915. The average molecular weight is 305 g/mol. The first-order valence-corrected chi connectivity index (χ1v) is 7.70. The fourth-order valence-corrected chi connectivity index (χ4v) is 2.80. The third kappa shape index (κ3) is 3.55. The van der Waals surface area contributed by atoms with E-state index in [4.69, 9.17) is 0 Å². The zero-order valence-corrected chi connectivity index (χ0v) is 14.5. The van der Waals surface area contributed by atoms with E-state index in [1.807, 2.05) is 43.3 Å². The molecule has 1 aliphatic rings. The number of carbonyl (C=O) groups excluding carboxylic acids is 1. The molecular weight excluding hydrogens is 278 g/mol. The monoisotopic (exact) mass is 305 g/mol. The summed E-state index contributed by atoms with van der Waals surface area (Å²) in [5.74, 6) is 0.920. The van der Waals surface area contributed by atoms with Crippen LogP contribution in [0.3, 0.4) is 0 Å². The molecule has 2 heterocycles.